The highest BCUT2D eigenvalue weighted by Gasteiger charge is 2.38. The van der Waals surface area contributed by atoms with Crippen molar-refractivity contribution in [2.75, 3.05) is 23.5 Å². The van der Waals surface area contributed by atoms with Gasteiger partial charge in [0.1, 0.15) is 5.00 Å². The summed E-state index contributed by atoms with van der Waals surface area (Å²) in [5, 5.41) is 9.13. The standard InChI is InChI=1S/C15H16F3N5O3S2/c1-2-26-12(25)10-7-4-3-5-8(7)28-11(10)20-9(24)6-27-14-22-21-13(23(14)19)15(16,17)18/h2-6,19H2,1H3,(H,20,24). The van der Waals surface area contributed by atoms with Crippen molar-refractivity contribution in [1.82, 2.24) is 14.9 Å². The number of aromatic nitrogens is 3. The monoisotopic (exact) mass is 435 g/mol. The predicted molar refractivity (Wildman–Crippen MR) is 96.8 cm³/mol. The molecular weight excluding hydrogens is 419 g/mol. The first-order valence-electron chi connectivity index (χ1n) is 8.24. The van der Waals surface area contributed by atoms with E-state index in [0.717, 1.165) is 29.7 Å². The molecule has 3 N–H and O–H groups in total. The lowest BCUT2D eigenvalue weighted by atomic mass is 10.1. The second kappa shape index (κ2) is 7.99. The lowest BCUT2D eigenvalue weighted by molar-refractivity contribution is -0.146. The summed E-state index contributed by atoms with van der Waals surface area (Å²) in [6, 6.07) is 0. The Bertz CT molecular complexity index is 910. The summed E-state index contributed by atoms with van der Waals surface area (Å²) in [7, 11) is 0. The summed E-state index contributed by atoms with van der Waals surface area (Å²) in [6.07, 6.45) is -2.24. The topological polar surface area (TPSA) is 112 Å². The number of thioether (sulfide) groups is 1. The molecule has 1 aliphatic carbocycles. The lowest BCUT2D eigenvalue weighted by Gasteiger charge is -2.08. The molecule has 0 bridgehead atoms. The van der Waals surface area contributed by atoms with Gasteiger partial charge < -0.3 is 15.9 Å². The van der Waals surface area contributed by atoms with Crippen LogP contribution in [0.3, 0.4) is 0 Å². The van der Waals surface area contributed by atoms with Crippen LogP contribution < -0.4 is 11.2 Å². The number of rotatable bonds is 6. The van der Waals surface area contributed by atoms with Crippen molar-refractivity contribution in [2.24, 2.45) is 0 Å². The summed E-state index contributed by atoms with van der Waals surface area (Å²) < 4.78 is 43.4. The van der Waals surface area contributed by atoms with Gasteiger partial charge in [0.25, 0.3) is 5.82 Å². The van der Waals surface area contributed by atoms with Crippen molar-refractivity contribution < 1.29 is 27.5 Å². The van der Waals surface area contributed by atoms with E-state index in [1.807, 2.05) is 0 Å². The molecule has 1 amide bonds. The van der Waals surface area contributed by atoms with Gasteiger partial charge in [-0.1, -0.05) is 11.8 Å². The molecule has 2 heterocycles. The number of nitrogens with two attached hydrogens (primary N) is 1. The zero-order valence-electron chi connectivity index (χ0n) is 14.6. The van der Waals surface area contributed by atoms with Crippen molar-refractivity contribution >= 4 is 40.0 Å². The van der Waals surface area contributed by atoms with E-state index in [4.69, 9.17) is 10.6 Å². The molecule has 28 heavy (non-hydrogen) atoms. The molecule has 0 spiro atoms. The van der Waals surface area contributed by atoms with Crippen LogP contribution >= 0.6 is 23.1 Å². The number of hydrogen-bond donors (Lipinski definition) is 2. The maximum atomic E-state index is 12.7. The van der Waals surface area contributed by atoms with Gasteiger partial charge in [-0.25, -0.2) is 9.47 Å². The molecule has 0 fully saturated rings. The zero-order valence-corrected chi connectivity index (χ0v) is 16.3. The Morgan fingerprint density at radius 1 is 1.36 bits per heavy atom. The number of amides is 1. The fraction of sp³-hybridized carbons (Fsp3) is 0.467. The normalized spacial score (nSPS) is 13.4. The number of aryl methyl sites for hydroxylation is 1. The van der Waals surface area contributed by atoms with Gasteiger partial charge in [-0.2, -0.15) is 13.2 Å². The molecule has 0 aromatic carbocycles. The third-order valence-electron chi connectivity index (χ3n) is 3.90. The minimum Gasteiger partial charge on any atom is -0.462 e. The molecule has 0 aliphatic heterocycles. The average Bonchev–Trinajstić information content (AvgIpc) is 3.26. The van der Waals surface area contributed by atoms with Gasteiger partial charge in [-0.15, -0.1) is 21.5 Å². The predicted octanol–water partition coefficient (Wildman–Crippen LogP) is 2.47. The summed E-state index contributed by atoms with van der Waals surface area (Å²) in [5.41, 5.74) is 1.25. The lowest BCUT2D eigenvalue weighted by Crippen LogP contribution is -2.22. The number of nitrogens with zero attached hydrogens (tertiary/aromatic N) is 3. The number of alkyl halides is 3. The molecule has 0 unspecified atom stereocenters. The maximum Gasteiger partial charge on any atom is 0.453 e. The number of hydrogen-bond acceptors (Lipinski definition) is 8. The first kappa shape index (κ1) is 20.5. The van der Waals surface area contributed by atoms with Crippen LogP contribution in [0.2, 0.25) is 0 Å². The van der Waals surface area contributed by atoms with Crippen molar-refractivity contribution in [1.29, 1.82) is 0 Å². The zero-order chi connectivity index (χ0) is 20.5. The number of ether oxygens (including phenoxy) is 1. The third-order valence-corrected chi connectivity index (χ3v) is 6.05. The Labute approximate surface area is 165 Å². The molecule has 0 saturated carbocycles. The summed E-state index contributed by atoms with van der Waals surface area (Å²) in [6.45, 7) is 1.90. The molecule has 0 atom stereocenters. The quantitative estimate of drug-likeness (QED) is 0.407. The van der Waals surface area contributed by atoms with Crippen LogP contribution in [-0.2, 0) is 28.5 Å². The molecule has 1 aliphatic rings. The van der Waals surface area contributed by atoms with Crippen molar-refractivity contribution in [3.8, 4) is 0 Å². The van der Waals surface area contributed by atoms with Crippen molar-refractivity contribution in [3.05, 3.63) is 21.8 Å². The van der Waals surface area contributed by atoms with Crippen LogP contribution in [0, 0.1) is 0 Å². The molecule has 152 valence electrons. The summed E-state index contributed by atoms with van der Waals surface area (Å²) in [5.74, 6) is 2.72. The molecule has 13 heteroatoms. The minimum absolute atomic E-state index is 0.209. The smallest absolute Gasteiger partial charge is 0.453 e. The number of carbonyl (C=O) groups is 2. The Hall–Kier alpha value is -2.28. The molecule has 0 radical (unpaired) electrons. The van der Waals surface area contributed by atoms with E-state index in [-0.39, 0.29) is 17.5 Å². The van der Waals surface area contributed by atoms with Gasteiger partial charge in [0.2, 0.25) is 11.1 Å². The number of nitrogens with one attached hydrogen (secondary N) is 1. The third kappa shape index (κ3) is 4.09. The van der Waals surface area contributed by atoms with Crippen molar-refractivity contribution in [3.63, 3.8) is 0 Å². The fourth-order valence-corrected chi connectivity index (χ4v) is 4.72. The Morgan fingerprint density at radius 2 is 2.11 bits per heavy atom. The van der Waals surface area contributed by atoms with E-state index in [9.17, 15) is 22.8 Å². The molecule has 2 aromatic heterocycles. The van der Waals surface area contributed by atoms with Gasteiger partial charge in [0.15, 0.2) is 0 Å². The molecular formula is C15H16F3N5O3S2. The molecule has 8 nitrogen and oxygen atoms in total. The van der Waals surface area contributed by atoms with Crippen molar-refractivity contribution in [2.45, 2.75) is 37.5 Å². The number of halogens is 3. The highest BCUT2D eigenvalue weighted by atomic mass is 32.2. The van der Waals surface area contributed by atoms with Crippen LogP contribution in [0.5, 0.6) is 0 Å². The van der Waals surface area contributed by atoms with E-state index in [1.54, 1.807) is 6.92 Å². The van der Waals surface area contributed by atoms with Gasteiger partial charge in [0.05, 0.1) is 17.9 Å². The minimum atomic E-state index is -4.74. The highest BCUT2D eigenvalue weighted by molar-refractivity contribution is 7.99. The van der Waals surface area contributed by atoms with E-state index < -0.39 is 23.9 Å². The van der Waals surface area contributed by atoms with Crippen LogP contribution in [0.4, 0.5) is 18.2 Å². The SMILES string of the molecule is CCOC(=O)c1c(NC(=O)CSc2nnc(C(F)(F)F)n2N)sc2c1CCC2. The number of nitrogen functional groups attached to an aromatic ring is 1. The van der Waals surface area contributed by atoms with Crippen LogP contribution in [0.25, 0.3) is 0 Å². The molecule has 0 saturated heterocycles. The maximum absolute atomic E-state index is 12.7. The van der Waals surface area contributed by atoms with Gasteiger partial charge in [-0.3, -0.25) is 4.79 Å². The highest BCUT2D eigenvalue weighted by Crippen LogP contribution is 2.39. The van der Waals surface area contributed by atoms with E-state index >= 15 is 0 Å². The van der Waals surface area contributed by atoms with Crippen LogP contribution in [-0.4, -0.2) is 39.1 Å². The summed E-state index contributed by atoms with van der Waals surface area (Å²) >= 11 is 2.02. The van der Waals surface area contributed by atoms with E-state index in [2.05, 4.69) is 15.5 Å². The van der Waals surface area contributed by atoms with Gasteiger partial charge >= 0.3 is 12.1 Å². The Kier molecular flexibility index (Phi) is 5.84. The Morgan fingerprint density at radius 3 is 2.75 bits per heavy atom. The van der Waals surface area contributed by atoms with Crippen LogP contribution in [0.15, 0.2) is 5.16 Å². The second-order valence-electron chi connectivity index (χ2n) is 5.79. The van der Waals surface area contributed by atoms with E-state index in [0.29, 0.717) is 27.0 Å². The Balaban J connectivity index is 1.69. The number of esters is 1. The first-order chi connectivity index (χ1) is 13.2. The van der Waals surface area contributed by atoms with Crippen LogP contribution in [0.1, 0.15) is 40.0 Å². The second-order valence-corrected chi connectivity index (χ2v) is 7.84. The molecule has 3 rings (SSSR count). The number of thiophene rings is 1. The summed E-state index contributed by atoms with van der Waals surface area (Å²) in [4.78, 5) is 25.6. The molecule has 2 aromatic rings. The first-order valence-corrected chi connectivity index (χ1v) is 10.0. The average molecular weight is 435 g/mol. The van der Waals surface area contributed by atoms with Gasteiger partial charge in [0, 0.05) is 4.88 Å². The largest absolute Gasteiger partial charge is 0.462 e. The van der Waals surface area contributed by atoms with E-state index in [1.165, 1.54) is 11.3 Å². The fourth-order valence-electron chi connectivity index (χ4n) is 2.77. The number of anilines is 1. The number of carbonyl (C=O) groups excluding carboxylic acids is 2. The number of fused-ring (bicyclic) bond motifs is 1. The van der Waals surface area contributed by atoms with Gasteiger partial charge in [-0.05, 0) is 31.7 Å².